The molecular formula is C62H56F2N4OPt+2. The topological polar surface area (TPSA) is 33.1 Å². The van der Waals surface area contributed by atoms with Gasteiger partial charge in [-0.2, -0.15) is 6.07 Å². The summed E-state index contributed by atoms with van der Waals surface area (Å²) in [4.78, 5) is 4.87. The molecule has 0 N–H and O–H groups in total. The number of halogens is 2. The van der Waals surface area contributed by atoms with E-state index >= 15 is 8.78 Å². The van der Waals surface area contributed by atoms with Gasteiger partial charge in [0.2, 0.25) is 5.69 Å². The number of rotatable bonds is 9. The minimum Gasteiger partial charge on any atom is -0.509 e. The van der Waals surface area contributed by atoms with Crippen molar-refractivity contribution in [3.8, 4) is 39.6 Å². The Morgan fingerprint density at radius 3 is 1.84 bits per heavy atom. The van der Waals surface area contributed by atoms with Crippen molar-refractivity contribution >= 4 is 50.6 Å². The molecule has 1 aliphatic heterocycles. The predicted molar refractivity (Wildman–Crippen MR) is 280 cm³/mol. The predicted octanol–water partition coefficient (Wildman–Crippen LogP) is 16.9. The van der Waals surface area contributed by atoms with Crippen LogP contribution in [0.2, 0.25) is 0 Å². The van der Waals surface area contributed by atoms with E-state index in [1.807, 2.05) is 51.7 Å². The minimum absolute atomic E-state index is 0. The average Bonchev–Trinajstić information content (AvgIpc) is 3.86. The van der Waals surface area contributed by atoms with Crippen LogP contribution in [0.3, 0.4) is 0 Å². The molecule has 8 heteroatoms. The van der Waals surface area contributed by atoms with Gasteiger partial charge in [-0.15, -0.1) is 29.1 Å². The van der Waals surface area contributed by atoms with Crippen LogP contribution in [0.5, 0.6) is 11.5 Å². The first-order valence-electron chi connectivity index (χ1n) is 23.8. The summed E-state index contributed by atoms with van der Waals surface area (Å²) < 4.78 is 43.4. The van der Waals surface area contributed by atoms with Gasteiger partial charge in [-0.3, -0.25) is 0 Å². The van der Waals surface area contributed by atoms with E-state index in [1.54, 1.807) is 0 Å². The van der Waals surface area contributed by atoms with Gasteiger partial charge < -0.3 is 9.30 Å². The molecule has 2 aromatic heterocycles. The van der Waals surface area contributed by atoms with Crippen LogP contribution in [0, 0.1) is 23.8 Å². The van der Waals surface area contributed by atoms with Crippen LogP contribution in [0.15, 0.2) is 146 Å². The molecule has 0 saturated heterocycles. The summed E-state index contributed by atoms with van der Waals surface area (Å²) in [6.07, 6.45) is 1.88. The van der Waals surface area contributed by atoms with Crippen molar-refractivity contribution in [2.24, 2.45) is 0 Å². The number of hydrogen-bond acceptors (Lipinski definition) is 2. The maximum Gasteiger partial charge on any atom is 2.00 e. The molecule has 0 fully saturated rings. The van der Waals surface area contributed by atoms with Crippen LogP contribution in [0.1, 0.15) is 103 Å². The van der Waals surface area contributed by atoms with E-state index in [-0.39, 0.29) is 43.7 Å². The number of ether oxygens (including phenoxy) is 1. The Kier molecular flexibility index (Phi) is 12.8. The van der Waals surface area contributed by atoms with Crippen molar-refractivity contribution in [3.63, 3.8) is 0 Å². The fourth-order valence-electron chi connectivity index (χ4n) is 9.30. The van der Waals surface area contributed by atoms with Crippen LogP contribution in [-0.2, 0) is 31.9 Å². The van der Waals surface area contributed by atoms with Gasteiger partial charge >= 0.3 is 27.1 Å². The molecule has 352 valence electrons. The van der Waals surface area contributed by atoms with Crippen molar-refractivity contribution in [2.75, 3.05) is 0 Å². The first-order valence-corrected chi connectivity index (χ1v) is 23.8. The first-order chi connectivity index (χ1) is 32.9. The van der Waals surface area contributed by atoms with Gasteiger partial charge in [-0.1, -0.05) is 146 Å². The summed E-state index contributed by atoms with van der Waals surface area (Å²) in [6.45, 7) is 22.0. The molecule has 0 bridgehead atoms. The molecular weight excluding hydrogens is 1050 g/mol. The molecule has 0 aliphatic carbocycles. The molecule has 0 amide bonds. The van der Waals surface area contributed by atoms with Crippen molar-refractivity contribution in [2.45, 2.75) is 91.9 Å². The van der Waals surface area contributed by atoms with Crippen molar-refractivity contribution < 1.29 is 34.6 Å². The van der Waals surface area contributed by atoms with E-state index in [2.05, 4.69) is 177 Å². The van der Waals surface area contributed by atoms with E-state index in [0.29, 0.717) is 28.3 Å². The van der Waals surface area contributed by atoms with Crippen molar-refractivity contribution in [3.05, 3.63) is 192 Å². The largest absolute Gasteiger partial charge is 2.00 e. The smallest absolute Gasteiger partial charge is 0.509 e. The van der Waals surface area contributed by atoms with Crippen LogP contribution in [0.25, 0.3) is 49.9 Å². The van der Waals surface area contributed by atoms with E-state index in [1.165, 1.54) is 28.8 Å². The van der Waals surface area contributed by atoms with Crippen LogP contribution in [0.4, 0.5) is 31.5 Å². The molecule has 7 aromatic carbocycles. The van der Waals surface area contributed by atoms with E-state index < -0.39 is 11.6 Å². The van der Waals surface area contributed by atoms with Gasteiger partial charge in [0.1, 0.15) is 23.1 Å². The second-order valence-electron chi connectivity index (χ2n) is 20.9. The van der Waals surface area contributed by atoms with E-state index in [9.17, 15) is 0 Å². The molecule has 0 saturated carbocycles. The molecule has 0 radical (unpaired) electrons. The molecule has 10 rings (SSSR count). The summed E-state index contributed by atoms with van der Waals surface area (Å²) in [5, 5.41) is 2.15. The molecule has 0 atom stereocenters. The zero-order chi connectivity index (χ0) is 48.5. The van der Waals surface area contributed by atoms with Gasteiger partial charge in [0.25, 0.3) is 11.4 Å². The fraction of sp³-hybridized carbons (Fsp3) is 0.226. The van der Waals surface area contributed by atoms with Crippen LogP contribution < -0.4 is 13.9 Å². The van der Waals surface area contributed by atoms with Crippen LogP contribution >= 0.6 is 0 Å². The maximum atomic E-state index is 15.2. The fourth-order valence-corrected chi connectivity index (χ4v) is 9.30. The second-order valence-corrected chi connectivity index (χ2v) is 20.9. The minimum atomic E-state index is -0.646. The van der Waals surface area contributed by atoms with Crippen molar-refractivity contribution in [1.82, 2.24) is 18.7 Å². The first kappa shape index (κ1) is 48.2. The molecule has 1 aliphatic rings. The summed E-state index contributed by atoms with van der Waals surface area (Å²) in [7, 11) is 0. The quantitative estimate of drug-likeness (QED) is 0.107. The van der Waals surface area contributed by atoms with Crippen molar-refractivity contribution in [1.29, 1.82) is 0 Å². The van der Waals surface area contributed by atoms with E-state index in [4.69, 9.17) is 9.72 Å². The summed E-state index contributed by atoms with van der Waals surface area (Å²) >= 11 is 0. The third-order valence-corrected chi connectivity index (χ3v) is 13.2. The number of pyridine rings is 1. The normalized spacial score (nSPS) is 12.7. The number of benzene rings is 7. The number of para-hydroxylation sites is 4. The number of nitrogens with zero attached hydrogens (tertiary/aromatic N) is 4. The number of hydrogen-bond donors (Lipinski definition) is 0. The number of aromatic nitrogens is 2. The Morgan fingerprint density at radius 2 is 1.20 bits per heavy atom. The Hall–Kier alpha value is -6.78. The zero-order valence-corrected chi connectivity index (χ0v) is 43.6. The standard InChI is InChI=1S/C62H56F2N4O.Pt/c1-38(2)40-26-41(39(3)4)28-42(27-40)51-17-15-18-52(43-29-46(63)34-47(64)30-43)60(51)67-37-66(56-20-13-14-21-57(56)67)48-31-45(62(8,9)10)32-50(35-48)69-49-22-23-54-53-16-11-12-19-55(53)68(58(54)36-49)59-33-44(24-25-65-59)61(5,6)7;/h11-34,38-39H,1-10H3;/q;+2. The maximum absolute atomic E-state index is 15.2. The SMILES string of the molecule is CC(C)c1cc(-c2cccc(-c3cc(F)cc(F)c3)c2[N+]2=C=[N+](c3[c-]c(Oc4[c-]c5c(cc4)c4ccccc4n5-c4cc(C(C)(C)C)ccn4)cc(C(C)(C)C)c3)c3ccccc32)cc(C(C)C)c1.[Pt+2]. The monoisotopic (exact) mass is 1110 g/mol. The van der Waals surface area contributed by atoms with E-state index in [0.717, 1.165) is 67.4 Å². The van der Waals surface area contributed by atoms with Crippen LogP contribution in [-0.4, -0.2) is 15.6 Å². The third-order valence-electron chi connectivity index (χ3n) is 13.2. The van der Waals surface area contributed by atoms with Gasteiger partial charge in [0.05, 0.1) is 11.1 Å². The molecule has 3 heterocycles. The molecule has 5 nitrogen and oxygen atoms in total. The molecule has 70 heavy (non-hydrogen) atoms. The Morgan fingerprint density at radius 1 is 0.586 bits per heavy atom. The Balaban J connectivity index is 0.00000608. The summed E-state index contributed by atoms with van der Waals surface area (Å²) in [6, 6.07) is 56.4. The summed E-state index contributed by atoms with van der Waals surface area (Å²) in [5.74, 6) is 1.13. The second kappa shape index (κ2) is 18.5. The zero-order valence-electron chi connectivity index (χ0n) is 41.3. The Labute approximate surface area is 424 Å². The Bertz CT molecular complexity index is 3540. The number of fused-ring (bicyclic) bond motifs is 4. The van der Waals surface area contributed by atoms with Gasteiger partial charge in [0, 0.05) is 41.4 Å². The third kappa shape index (κ3) is 9.10. The van der Waals surface area contributed by atoms with Gasteiger partial charge in [0.15, 0.2) is 0 Å². The summed E-state index contributed by atoms with van der Waals surface area (Å²) in [5.41, 5.74) is 12.4. The van der Waals surface area contributed by atoms with Gasteiger partial charge in [-0.05, 0) is 103 Å². The molecule has 9 aromatic rings. The van der Waals surface area contributed by atoms with Gasteiger partial charge in [-0.25, -0.2) is 13.8 Å². The molecule has 0 unspecified atom stereocenters. The molecule has 0 spiro atoms. The average molecular weight is 1110 g/mol.